The maximum absolute atomic E-state index is 13.1. The number of ether oxygens (including phenoxy) is 1. The van der Waals surface area contributed by atoms with E-state index < -0.39 is 0 Å². The summed E-state index contributed by atoms with van der Waals surface area (Å²) < 4.78 is 5.40. The first kappa shape index (κ1) is 21.3. The maximum Gasteiger partial charge on any atom is 0.227 e. The zero-order chi connectivity index (χ0) is 20.8. The smallest absolute Gasteiger partial charge is 0.227 e. The fourth-order valence-electron chi connectivity index (χ4n) is 4.98. The van der Waals surface area contributed by atoms with Crippen LogP contribution in [0.15, 0.2) is 30.3 Å². The highest BCUT2D eigenvalue weighted by molar-refractivity contribution is 5.84. The van der Waals surface area contributed by atoms with E-state index in [1.165, 1.54) is 5.56 Å². The van der Waals surface area contributed by atoms with Crippen molar-refractivity contribution in [2.75, 3.05) is 59.0 Å². The summed E-state index contributed by atoms with van der Waals surface area (Å²) in [5, 5.41) is 0. The van der Waals surface area contributed by atoms with Gasteiger partial charge in [0.05, 0.1) is 19.1 Å². The first-order valence-corrected chi connectivity index (χ1v) is 11.6. The molecule has 1 aromatic carbocycles. The Hall–Kier alpha value is -1.92. The number of likely N-dealkylation sites (tertiary alicyclic amines) is 2. The van der Waals surface area contributed by atoms with Crippen LogP contribution in [-0.2, 0) is 20.7 Å². The molecule has 2 amide bonds. The van der Waals surface area contributed by atoms with Crippen LogP contribution in [0.25, 0.3) is 0 Å². The van der Waals surface area contributed by atoms with Crippen LogP contribution in [0.2, 0.25) is 0 Å². The van der Waals surface area contributed by atoms with Crippen molar-refractivity contribution in [3.05, 3.63) is 35.9 Å². The number of amides is 2. The van der Waals surface area contributed by atoms with E-state index in [0.717, 1.165) is 71.7 Å². The van der Waals surface area contributed by atoms with Crippen molar-refractivity contribution in [1.29, 1.82) is 0 Å². The lowest BCUT2D eigenvalue weighted by atomic mass is 9.89. The van der Waals surface area contributed by atoms with Crippen molar-refractivity contribution in [2.24, 2.45) is 11.8 Å². The van der Waals surface area contributed by atoms with E-state index in [2.05, 4.69) is 40.1 Å². The summed E-state index contributed by atoms with van der Waals surface area (Å²) in [6, 6.07) is 10.7. The average Bonchev–Trinajstić information content (AvgIpc) is 2.80. The highest BCUT2D eigenvalue weighted by atomic mass is 16.5. The monoisotopic (exact) mass is 413 g/mol. The largest absolute Gasteiger partial charge is 0.379 e. The maximum atomic E-state index is 13.1. The normalized spacial score (nSPS) is 24.3. The molecular weight excluding hydrogens is 378 g/mol. The summed E-state index contributed by atoms with van der Waals surface area (Å²) in [5.41, 5.74) is 1.39. The van der Waals surface area contributed by atoms with Crippen molar-refractivity contribution in [3.8, 4) is 0 Å². The quantitative estimate of drug-likeness (QED) is 0.716. The topological polar surface area (TPSA) is 53.1 Å². The number of nitrogens with zero attached hydrogens (tertiary/aromatic N) is 3. The number of rotatable bonds is 6. The summed E-state index contributed by atoms with van der Waals surface area (Å²) in [6.07, 6.45) is 4.47. The van der Waals surface area contributed by atoms with Crippen molar-refractivity contribution >= 4 is 11.8 Å². The first-order chi connectivity index (χ1) is 14.7. The zero-order valence-electron chi connectivity index (χ0n) is 18.0. The molecule has 3 aliphatic rings. The van der Waals surface area contributed by atoms with Crippen LogP contribution in [-0.4, -0.2) is 85.5 Å². The highest BCUT2D eigenvalue weighted by Crippen LogP contribution is 2.25. The van der Waals surface area contributed by atoms with Crippen molar-refractivity contribution in [3.63, 3.8) is 0 Å². The molecule has 1 aromatic rings. The SMILES string of the molecule is O=C1CC[C@@H](C(=O)N2CCC(Cc3ccccc3)CC2)CN1CCN1CCOCC1. The first-order valence-electron chi connectivity index (χ1n) is 11.6. The fraction of sp³-hybridized carbons (Fsp3) is 0.667. The standard InChI is InChI=1S/C24H35N3O3/c28-23-7-6-22(19-27(23)13-12-25-14-16-30-17-15-25)24(29)26-10-8-21(9-11-26)18-20-4-2-1-3-5-20/h1-5,21-22H,6-19H2/t22-/m1/s1. The van der Waals surface area contributed by atoms with Gasteiger partial charge in [0.25, 0.3) is 0 Å². The molecule has 0 aliphatic carbocycles. The minimum absolute atomic E-state index is 0.0296. The lowest BCUT2D eigenvalue weighted by Gasteiger charge is -2.38. The number of benzene rings is 1. The molecule has 4 rings (SSSR count). The van der Waals surface area contributed by atoms with E-state index in [-0.39, 0.29) is 17.7 Å². The molecule has 0 saturated carbocycles. The van der Waals surface area contributed by atoms with E-state index in [4.69, 9.17) is 4.74 Å². The molecule has 3 fully saturated rings. The lowest BCUT2D eigenvalue weighted by molar-refractivity contribution is -0.144. The molecule has 1 atom stereocenters. The third-order valence-electron chi connectivity index (χ3n) is 6.93. The van der Waals surface area contributed by atoms with Crippen molar-refractivity contribution < 1.29 is 14.3 Å². The number of piperidine rings is 2. The molecular formula is C24H35N3O3. The van der Waals surface area contributed by atoms with Gasteiger partial charge in [0, 0.05) is 52.2 Å². The minimum Gasteiger partial charge on any atom is -0.379 e. The second kappa shape index (κ2) is 10.4. The Morgan fingerprint density at radius 3 is 2.43 bits per heavy atom. The van der Waals surface area contributed by atoms with Crippen LogP contribution >= 0.6 is 0 Å². The molecule has 0 bridgehead atoms. The second-order valence-electron chi connectivity index (χ2n) is 8.99. The van der Waals surface area contributed by atoms with Gasteiger partial charge in [0.15, 0.2) is 0 Å². The van der Waals surface area contributed by atoms with Crippen LogP contribution in [0, 0.1) is 11.8 Å². The molecule has 3 aliphatic heterocycles. The molecule has 3 saturated heterocycles. The van der Waals surface area contributed by atoms with Gasteiger partial charge in [-0.25, -0.2) is 0 Å². The Morgan fingerprint density at radius 2 is 1.70 bits per heavy atom. The molecule has 0 radical (unpaired) electrons. The van der Waals surface area contributed by atoms with Crippen LogP contribution < -0.4 is 0 Å². The van der Waals surface area contributed by atoms with Crippen LogP contribution in [0.1, 0.15) is 31.2 Å². The van der Waals surface area contributed by atoms with Gasteiger partial charge in [-0.3, -0.25) is 14.5 Å². The number of hydrogen-bond acceptors (Lipinski definition) is 4. The van der Waals surface area contributed by atoms with Crippen molar-refractivity contribution in [1.82, 2.24) is 14.7 Å². The number of carbonyl (C=O) groups excluding carboxylic acids is 2. The van der Waals surface area contributed by atoms with E-state index in [0.29, 0.717) is 25.3 Å². The molecule has 0 spiro atoms. The van der Waals surface area contributed by atoms with Crippen LogP contribution in [0.4, 0.5) is 0 Å². The van der Waals surface area contributed by atoms with Gasteiger partial charge in [-0.1, -0.05) is 30.3 Å². The number of morpholine rings is 1. The van der Waals surface area contributed by atoms with Gasteiger partial charge in [0.2, 0.25) is 11.8 Å². The molecule has 3 heterocycles. The predicted molar refractivity (Wildman–Crippen MR) is 116 cm³/mol. The Labute approximate surface area is 180 Å². The highest BCUT2D eigenvalue weighted by Gasteiger charge is 2.34. The molecule has 0 unspecified atom stereocenters. The van der Waals surface area contributed by atoms with Gasteiger partial charge >= 0.3 is 0 Å². The molecule has 164 valence electrons. The Balaban J connectivity index is 1.23. The molecule has 6 heteroatoms. The fourth-order valence-corrected chi connectivity index (χ4v) is 4.98. The summed E-state index contributed by atoms with van der Waals surface area (Å²) in [4.78, 5) is 31.8. The Kier molecular flexibility index (Phi) is 7.39. The molecule has 0 N–H and O–H groups in total. The van der Waals surface area contributed by atoms with E-state index >= 15 is 0 Å². The third-order valence-corrected chi connectivity index (χ3v) is 6.93. The number of carbonyl (C=O) groups is 2. The van der Waals surface area contributed by atoms with Gasteiger partial charge < -0.3 is 14.5 Å². The minimum atomic E-state index is -0.0296. The van der Waals surface area contributed by atoms with Gasteiger partial charge in [-0.2, -0.15) is 0 Å². The van der Waals surface area contributed by atoms with Crippen LogP contribution in [0.5, 0.6) is 0 Å². The summed E-state index contributed by atoms with van der Waals surface area (Å²) in [7, 11) is 0. The van der Waals surface area contributed by atoms with Gasteiger partial charge in [-0.15, -0.1) is 0 Å². The van der Waals surface area contributed by atoms with E-state index in [1.54, 1.807) is 0 Å². The third kappa shape index (κ3) is 5.61. The van der Waals surface area contributed by atoms with E-state index in [9.17, 15) is 9.59 Å². The van der Waals surface area contributed by atoms with Crippen molar-refractivity contribution in [2.45, 2.75) is 32.1 Å². The summed E-state index contributed by atoms with van der Waals surface area (Å²) >= 11 is 0. The van der Waals surface area contributed by atoms with Crippen LogP contribution in [0.3, 0.4) is 0 Å². The lowest BCUT2D eigenvalue weighted by Crippen LogP contribution is -2.50. The Bertz CT molecular complexity index is 697. The predicted octanol–water partition coefficient (Wildman–Crippen LogP) is 2.04. The summed E-state index contributed by atoms with van der Waals surface area (Å²) in [5.74, 6) is 1.10. The number of hydrogen-bond donors (Lipinski definition) is 0. The molecule has 30 heavy (non-hydrogen) atoms. The molecule has 0 aromatic heterocycles. The Morgan fingerprint density at radius 1 is 0.967 bits per heavy atom. The average molecular weight is 414 g/mol. The second-order valence-corrected chi connectivity index (χ2v) is 8.99. The summed E-state index contributed by atoms with van der Waals surface area (Å²) in [6.45, 7) is 7.31. The molecule has 6 nitrogen and oxygen atoms in total. The van der Waals surface area contributed by atoms with Gasteiger partial charge in [0.1, 0.15) is 0 Å². The van der Waals surface area contributed by atoms with Gasteiger partial charge in [-0.05, 0) is 37.2 Å². The van der Waals surface area contributed by atoms with E-state index in [1.807, 2.05) is 4.90 Å². The zero-order valence-corrected chi connectivity index (χ0v) is 18.0.